The van der Waals surface area contributed by atoms with Gasteiger partial charge >= 0.3 is 0 Å². The Hall–Kier alpha value is -3.65. The summed E-state index contributed by atoms with van der Waals surface area (Å²) in [5, 5.41) is 4.62. The van der Waals surface area contributed by atoms with E-state index in [2.05, 4.69) is 56.1 Å². The van der Waals surface area contributed by atoms with Crippen LogP contribution >= 0.6 is 0 Å². The second-order valence-electron chi connectivity index (χ2n) is 8.80. The van der Waals surface area contributed by atoms with Crippen molar-refractivity contribution in [3.8, 4) is 5.75 Å². The lowest BCUT2D eigenvalue weighted by atomic mass is 10.1. The highest BCUT2D eigenvalue weighted by atomic mass is 16.5. The van der Waals surface area contributed by atoms with Crippen LogP contribution in [-0.2, 0) is 6.42 Å². The van der Waals surface area contributed by atoms with E-state index in [0.717, 1.165) is 43.2 Å². The highest BCUT2D eigenvalue weighted by Gasteiger charge is 2.25. The van der Waals surface area contributed by atoms with Crippen molar-refractivity contribution in [2.75, 3.05) is 38.2 Å². The van der Waals surface area contributed by atoms with Crippen molar-refractivity contribution in [2.24, 2.45) is 0 Å². The van der Waals surface area contributed by atoms with Crippen molar-refractivity contribution in [3.63, 3.8) is 0 Å². The number of rotatable bonds is 6. The quantitative estimate of drug-likeness (QED) is 0.478. The summed E-state index contributed by atoms with van der Waals surface area (Å²) in [6.07, 6.45) is 0.521. The zero-order valence-corrected chi connectivity index (χ0v) is 19.9. The van der Waals surface area contributed by atoms with Gasteiger partial charge in [-0.2, -0.15) is 9.50 Å². The van der Waals surface area contributed by atoms with Crippen molar-refractivity contribution < 1.29 is 4.74 Å². The average molecular weight is 459 g/mol. The maximum atomic E-state index is 13.3. The molecule has 1 atom stereocenters. The molecule has 1 aliphatic rings. The van der Waals surface area contributed by atoms with Crippen LogP contribution in [0.3, 0.4) is 0 Å². The number of fused-ring (bicyclic) bond motifs is 1. The lowest BCUT2D eigenvalue weighted by Crippen LogP contribution is -2.47. The SMILES string of the molecule is COc1ccc(Cc2c(C)[nH]c3nc(C(C)N4CCN(c5ccccc5)CC4)nn3c2=O)cc1. The number of para-hydroxylation sites is 1. The maximum Gasteiger partial charge on any atom is 0.279 e. The molecule has 3 heterocycles. The molecule has 0 saturated carbocycles. The summed E-state index contributed by atoms with van der Waals surface area (Å²) in [5.41, 5.74) is 3.68. The van der Waals surface area contributed by atoms with Gasteiger partial charge in [0.1, 0.15) is 5.75 Å². The molecule has 2 aromatic carbocycles. The number of hydrogen-bond acceptors (Lipinski definition) is 6. The first-order chi connectivity index (χ1) is 16.5. The van der Waals surface area contributed by atoms with Crippen LogP contribution in [-0.4, -0.2) is 57.8 Å². The molecule has 5 rings (SSSR count). The van der Waals surface area contributed by atoms with Crippen molar-refractivity contribution in [2.45, 2.75) is 26.3 Å². The van der Waals surface area contributed by atoms with Gasteiger partial charge in [0.05, 0.1) is 13.2 Å². The van der Waals surface area contributed by atoms with Crippen molar-refractivity contribution in [1.82, 2.24) is 24.5 Å². The Labute approximate surface area is 198 Å². The van der Waals surface area contributed by atoms with E-state index in [4.69, 9.17) is 4.74 Å². The highest BCUT2D eigenvalue weighted by Crippen LogP contribution is 2.22. The fourth-order valence-corrected chi connectivity index (χ4v) is 4.58. The first-order valence-corrected chi connectivity index (χ1v) is 11.7. The van der Waals surface area contributed by atoms with Crippen LogP contribution in [0.25, 0.3) is 5.78 Å². The standard InChI is InChI=1S/C26H30N6O2/c1-18-23(17-20-9-11-22(34-3)12-10-20)25(33)32-26(27-18)28-24(29-32)19(2)30-13-15-31(16-14-30)21-7-5-4-6-8-21/h4-12,19H,13-17H2,1-3H3,(H,27,28,29). The zero-order valence-electron chi connectivity index (χ0n) is 19.9. The number of ether oxygens (including phenoxy) is 1. The first kappa shape index (κ1) is 22.2. The van der Waals surface area contributed by atoms with Gasteiger partial charge in [-0.15, -0.1) is 5.10 Å². The lowest BCUT2D eigenvalue weighted by Gasteiger charge is -2.38. The van der Waals surface area contributed by atoms with Gasteiger partial charge in [0.15, 0.2) is 5.82 Å². The van der Waals surface area contributed by atoms with Crippen LogP contribution < -0.4 is 15.2 Å². The van der Waals surface area contributed by atoms with Crippen LogP contribution in [0, 0.1) is 6.92 Å². The lowest BCUT2D eigenvalue weighted by molar-refractivity contribution is 0.192. The van der Waals surface area contributed by atoms with Crippen LogP contribution in [0.1, 0.15) is 35.6 Å². The fraction of sp³-hybridized carbons (Fsp3) is 0.346. The minimum Gasteiger partial charge on any atom is -0.497 e. The molecule has 1 aliphatic heterocycles. The number of methoxy groups -OCH3 is 1. The number of aromatic nitrogens is 4. The largest absolute Gasteiger partial charge is 0.497 e. The summed E-state index contributed by atoms with van der Waals surface area (Å²) in [5.74, 6) is 1.96. The molecular formula is C26H30N6O2. The summed E-state index contributed by atoms with van der Waals surface area (Å²) in [6, 6.07) is 18.3. The van der Waals surface area contributed by atoms with Gasteiger partial charge in [0.2, 0.25) is 5.78 Å². The number of aryl methyl sites for hydroxylation is 1. The van der Waals surface area contributed by atoms with Crippen LogP contribution in [0.4, 0.5) is 5.69 Å². The van der Waals surface area contributed by atoms with E-state index in [-0.39, 0.29) is 11.6 Å². The Kier molecular flexibility index (Phi) is 6.06. The molecule has 0 aliphatic carbocycles. The molecule has 0 bridgehead atoms. The number of piperazine rings is 1. The minimum absolute atomic E-state index is 0.0240. The molecule has 0 amide bonds. The number of nitrogens with one attached hydrogen (secondary N) is 1. The minimum atomic E-state index is -0.123. The molecule has 0 spiro atoms. The predicted molar refractivity (Wildman–Crippen MR) is 133 cm³/mol. The Morgan fingerprint density at radius 1 is 1.03 bits per heavy atom. The third-order valence-electron chi connectivity index (χ3n) is 6.72. The molecule has 2 aromatic heterocycles. The Bertz CT molecular complexity index is 1320. The molecule has 4 aromatic rings. The normalized spacial score (nSPS) is 15.6. The third kappa shape index (κ3) is 4.28. The highest BCUT2D eigenvalue weighted by molar-refractivity contribution is 5.46. The second-order valence-corrected chi connectivity index (χ2v) is 8.80. The van der Waals surface area contributed by atoms with E-state index in [1.54, 1.807) is 7.11 Å². The zero-order chi connectivity index (χ0) is 23.7. The van der Waals surface area contributed by atoms with Crippen molar-refractivity contribution >= 4 is 11.5 Å². The van der Waals surface area contributed by atoms with Gasteiger partial charge in [-0.3, -0.25) is 9.69 Å². The van der Waals surface area contributed by atoms with Gasteiger partial charge < -0.3 is 14.6 Å². The van der Waals surface area contributed by atoms with Gasteiger partial charge in [0.25, 0.3) is 5.56 Å². The molecule has 8 heteroatoms. The summed E-state index contributed by atoms with van der Waals surface area (Å²) < 4.78 is 6.65. The van der Waals surface area contributed by atoms with E-state index >= 15 is 0 Å². The molecular weight excluding hydrogens is 428 g/mol. The second kappa shape index (κ2) is 9.30. The van der Waals surface area contributed by atoms with Crippen LogP contribution in [0.15, 0.2) is 59.4 Å². The van der Waals surface area contributed by atoms with Crippen LogP contribution in [0.2, 0.25) is 0 Å². The number of hydrogen-bond donors (Lipinski definition) is 1. The summed E-state index contributed by atoms with van der Waals surface area (Å²) in [7, 11) is 1.64. The number of nitrogens with zero attached hydrogens (tertiary/aromatic N) is 5. The first-order valence-electron chi connectivity index (χ1n) is 11.7. The summed E-state index contributed by atoms with van der Waals surface area (Å²) in [4.78, 5) is 26.0. The van der Waals surface area contributed by atoms with Gasteiger partial charge in [-0.05, 0) is 43.7 Å². The molecule has 1 N–H and O–H groups in total. The smallest absolute Gasteiger partial charge is 0.279 e. The molecule has 1 fully saturated rings. The van der Waals surface area contributed by atoms with Crippen molar-refractivity contribution in [3.05, 3.63) is 87.6 Å². The number of anilines is 1. The molecule has 34 heavy (non-hydrogen) atoms. The Morgan fingerprint density at radius 2 is 1.74 bits per heavy atom. The van der Waals surface area contributed by atoms with E-state index in [0.29, 0.717) is 23.6 Å². The van der Waals surface area contributed by atoms with E-state index in [1.807, 2.05) is 37.3 Å². The summed E-state index contributed by atoms with van der Waals surface area (Å²) in [6.45, 7) is 7.77. The number of H-pyrrole nitrogens is 1. The van der Waals surface area contributed by atoms with E-state index in [1.165, 1.54) is 10.2 Å². The van der Waals surface area contributed by atoms with E-state index in [9.17, 15) is 4.79 Å². The monoisotopic (exact) mass is 458 g/mol. The van der Waals surface area contributed by atoms with E-state index < -0.39 is 0 Å². The van der Waals surface area contributed by atoms with Gasteiger partial charge in [-0.25, -0.2) is 0 Å². The Balaban J connectivity index is 1.34. The maximum absolute atomic E-state index is 13.3. The molecule has 176 valence electrons. The third-order valence-corrected chi connectivity index (χ3v) is 6.72. The molecule has 0 radical (unpaired) electrons. The average Bonchev–Trinajstić information content (AvgIpc) is 3.31. The predicted octanol–water partition coefficient (Wildman–Crippen LogP) is 3.21. The number of benzene rings is 2. The van der Waals surface area contributed by atoms with Gasteiger partial charge in [-0.1, -0.05) is 30.3 Å². The molecule has 1 unspecified atom stereocenters. The Morgan fingerprint density at radius 3 is 2.41 bits per heavy atom. The fourth-order valence-electron chi connectivity index (χ4n) is 4.58. The van der Waals surface area contributed by atoms with Gasteiger partial charge in [0, 0.05) is 49.5 Å². The topological polar surface area (TPSA) is 78.8 Å². The van der Waals surface area contributed by atoms with Crippen LogP contribution in [0.5, 0.6) is 5.75 Å². The number of aromatic amines is 1. The summed E-state index contributed by atoms with van der Waals surface area (Å²) >= 11 is 0. The molecule has 8 nitrogen and oxygen atoms in total. The van der Waals surface area contributed by atoms with Crippen molar-refractivity contribution in [1.29, 1.82) is 0 Å². The molecule has 1 saturated heterocycles.